The van der Waals surface area contributed by atoms with Gasteiger partial charge in [-0.1, -0.05) is 6.58 Å². The molecule has 1 aliphatic heterocycles. The molecule has 0 bridgehead atoms. The van der Waals surface area contributed by atoms with Crippen molar-refractivity contribution in [1.82, 2.24) is 10.6 Å². The predicted octanol–water partition coefficient (Wildman–Crippen LogP) is -0.0337. The van der Waals surface area contributed by atoms with Gasteiger partial charge in [0.2, 0.25) is 0 Å². The van der Waals surface area contributed by atoms with Crippen molar-refractivity contribution in [2.75, 3.05) is 19.7 Å². The monoisotopic (exact) mass is 202 g/mol. The van der Waals surface area contributed by atoms with Crippen LogP contribution in [0.2, 0.25) is 0 Å². The highest BCUT2D eigenvalue weighted by Gasteiger charge is 2.03. The highest BCUT2D eigenvalue weighted by atomic mass is 17.2. The lowest BCUT2D eigenvalue weighted by Gasteiger charge is -1.93. The topological polar surface area (TPSA) is 76.7 Å². The highest BCUT2D eigenvalue weighted by Crippen LogP contribution is 1.79. The zero-order chi connectivity index (χ0) is 10.8. The first-order valence-electron chi connectivity index (χ1n) is 4.18. The molecule has 0 atom stereocenters. The highest BCUT2D eigenvalue weighted by molar-refractivity contribution is 5.80. The first-order valence-corrected chi connectivity index (χ1v) is 4.18. The number of carbonyl (C=O) groups excluding carboxylic acids is 2. The quantitative estimate of drug-likeness (QED) is 0.382. The van der Waals surface area contributed by atoms with E-state index in [0.29, 0.717) is 6.61 Å². The maximum absolute atomic E-state index is 10.1. The minimum absolute atomic E-state index is 0.0463. The van der Waals surface area contributed by atoms with Crippen LogP contribution >= 0.6 is 0 Å². The molecule has 80 valence electrons. The molecule has 0 unspecified atom stereocenters. The van der Waals surface area contributed by atoms with E-state index in [1.54, 1.807) is 6.92 Å². The van der Waals surface area contributed by atoms with E-state index in [1.165, 1.54) is 0 Å². The number of hydrogen-bond acceptors (Lipinski definition) is 4. The zero-order valence-corrected chi connectivity index (χ0v) is 8.04. The second-order valence-electron chi connectivity index (χ2n) is 2.20. The molecule has 6 nitrogen and oxygen atoms in total. The number of urea groups is 1. The minimum Gasteiger partial charge on any atom is -0.336 e. The van der Waals surface area contributed by atoms with Crippen molar-refractivity contribution in [3.63, 3.8) is 0 Å². The minimum atomic E-state index is -0.563. The Morgan fingerprint density at radius 2 is 2.14 bits per heavy atom. The first kappa shape index (κ1) is 12.4. The lowest BCUT2D eigenvalue weighted by Crippen LogP contribution is -2.20. The van der Waals surface area contributed by atoms with Gasteiger partial charge in [-0.25, -0.2) is 9.59 Å². The van der Waals surface area contributed by atoms with Crippen LogP contribution in [-0.4, -0.2) is 31.7 Å². The van der Waals surface area contributed by atoms with Gasteiger partial charge in [0.25, 0.3) is 0 Å². The van der Waals surface area contributed by atoms with Crippen molar-refractivity contribution >= 4 is 12.0 Å². The third kappa shape index (κ3) is 7.11. The molecular weight excluding hydrogens is 188 g/mol. The van der Waals surface area contributed by atoms with Gasteiger partial charge < -0.3 is 10.6 Å². The van der Waals surface area contributed by atoms with Gasteiger partial charge in [0.1, 0.15) is 0 Å². The van der Waals surface area contributed by atoms with Crippen LogP contribution in [0, 0.1) is 0 Å². The molecule has 0 radical (unpaired) electrons. The Bertz CT molecular complexity index is 198. The molecule has 1 rings (SSSR count). The Kier molecular flexibility index (Phi) is 7.16. The number of carbonyl (C=O) groups is 2. The molecule has 2 N–H and O–H groups in total. The van der Waals surface area contributed by atoms with Crippen molar-refractivity contribution in [3.05, 3.63) is 12.7 Å². The van der Waals surface area contributed by atoms with Crippen molar-refractivity contribution in [2.24, 2.45) is 0 Å². The van der Waals surface area contributed by atoms with E-state index in [1.807, 2.05) is 0 Å². The van der Waals surface area contributed by atoms with Gasteiger partial charge in [-0.05, 0) is 6.92 Å². The average molecular weight is 202 g/mol. The fraction of sp³-hybridized carbons (Fsp3) is 0.500. The van der Waals surface area contributed by atoms with Crippen LogP contribution in [0.25, 0.3) is 0 Å². The van der Waals surface area contributed by atoms with E-state index >= 15 is 0 Å². The van der Waals surface area contributed by atoms with E-state index in [2.05, 4.69) is 27.0 Å². The Morgan fingerprint density at radius 1 is 1.57 bits per heavy atom. The van der Waals surface area contributed by atoms with Gasteiger partial charge in [0, 0.05) is 19.2 Å². The Labute approximate surface area is 82.2 Å². The summed E-state index contributed by atoms with van der Waals surface area (Å²) in [6.07, 6.45) is 1.04. The van der Waals surface area contributed by atoms with E-state index in [-0.39, 0.29) is 6.03 Å². The van der Waals surface area contributed by atoms with Crippen LogP contribution in [0.5, 0.6) is 0 Å². The molecule has 0 spiro atoms. The van der Waals surface area contributed by atoms with Crippen molar-refractivity contribution in [2.45, 2.75) is 6.92 Å². The molecular formula is C8H14N2O4. The molecule has 0 saturated carbocycles. The van der Waals surface area contributed by atoms with E-state index in [9.17, 15) is 9.59 Å². The van der Waals surface area contributed by atoms with Gasteiger partial charge in [-0.2, -0.15) is 4.89 Å². The van der Waals surface area contributed by atoms with Crippen LogP contribution in [0.1, 0.15) is 6.92 Å². The number of rotatable bonds is 3. The Hall–Kier alpha value is -1.56. The van der Waals surface area contributed by atoms with Gasteiger partial charge in [-0.3, -0.25) is 4.89 Å². The van der Waals surface area contributed by atoms with Crippen LogP contribution in [0.3, 0.4) is 0 Å². The van der Waals surface area contributed by atoms with Gasteiger partial charge >= 0.3 is 12.0 Å². The van der Waals surface area contributed by atoms with Crippen molar-refractivity contribution in [1.29, 1.82) is 0 Å². The van der Waals surface area contributed by atoms with E-state index < -0.39 is 5.97 Å². The molecule has 1 fully saturated rings. The fourth-order valence-electron chi connectivity index (χ4n) is 0.566. The van der Waals surface area contributed by atoms with E-state index in [0.717, 1.165) is 19.2 Å². The molecule has 0 aromatic carbocycles. The standard InChI is InChI=1S/C5H8O3.C3H6N2O/c1-3-5(6)8-7-4-2;6-3-4-1-2-5-3/h3H,1,4H2,2H3;1-2H2,(H2,4,5,6). The molecule has 0 aromatic rings. The smallest absolute Gasteiger partial charge is 0.336 e. The number of nitrogens with one attached hydrogen (secondary N) is 2. The third-order valence-electron chi connectivity index (χ3n) is 1.12. The average Bonchev–Trinajstić information content (AvgIpc) is 2.66. The number of hydrogen-bond donors (Lipinski definition) is 2. The molecule has 0 aliphatic carbocycles. The normalized spacial score (nSPS) is 13.1. The van der Waals surface area contributed by atoms with Crippen LogP contribution in [0.15, 0.2) is 12.7 Å². The van der Waals surface area contributed by atoms with Crippen LogP contribution in [-0.2, 0) is 14.6 Å². The fourth-order valence-corrected chi connectivity index (χ4v) is 0.566. The summed E-state index contributed by atoms with van der Waals surface area (Å²) < 4.78 is 0. The molecule has 14 heavy (non-hydrogen) atoms. The summed E-state index contributed by atoms with van der Waals surface area (Å²) in [4.78, 5) is 28.5. The first-order chi connectivity index (χ1) is 6.70. The molecule has 2 amide bonds. The summed E-state index contributed by atoms with van der Waals surface area (Å²) in [5, 5.41) is 5.14. The summed E-state index contributed by atoms with van der Waals surface area (Å²) >= 11 is 0. The van der Waals surface area contributed by atoms with Crippen molar-refractivity contribution < 1.29 is 19.4 Å². The van der Waals surface area contributed by atoms with Gasteiger partial charge in [0.05, 0.1) is 6.61 Å². The zero-order valence-electron chi connectivity index (χ0n) is 8.04. The molecule has 0 aromatic heterocycles. The summed E-state index contributed by atoms with van der Waals surface area (Å²) in [6, 6.07) is -0.0463. The summed E-state index contributed by atoms with van der Waals surface area (Å²) in [5.74, 6) is -0.563. The SMILES string of the molecule is C=CC(=O)OOCC.O=C1NCCN1. The Balaban J connectivity index is 0.000000249. The maximum Gasteiger partial charge on any atom is 0.365 e. The lowest BCUT2D eigenvalue weighted by atomic mass is 10.7. The molecule has 6 heteroatoms. The largest absolute Gasteiger partial charge is 0.365 e. The third-order valence-corrected chi connectivity index (χ3v) is 1.12. The predicted molar refractivity (Wildman–Crippen MR) is 49.3 cm³/mol. The summed E-state index contributed by atoms with van der Waals surface area (Å²) in [7, 11) is 0. The van der Waals surface area contributed by atoms with Crippen LogP contribution in [0.4, 0.5) is 4.79 Å². The summed E-state index contributed by atoms with van der Waals surface area (Å²) in [5.41, 5.74) is 0. The van der Waals surface area contributed by atoms with Gasteiger partial charge in [-0.15, -0.1) is 0 Å². The maximum atomic E-state index is 10.1. The molecule has 1 aliphatic rings. The second-order valence-corrected chi connectivity index (χ2v) is 2.20. The van der Waals surface area contributed by atoms with Crippen LogP contribution < -0.4 is 10.6 Å². The Morgan fingerprint density at radius 3 is 2.43 bits per heavy atom. The second kappa shape index (κ2) is 8.06. The lowest BCUT2D eigenvalue weighted by molar-refractivity contribution is -0.264. The number of amides is 2. The molecule has 1 saturated heterocycles. The van der Waals surface area contributed by atoms with E-state index in [4.69, 9.17) is 0 Å². The van der Waals surface area contributed by atoms with Crippen molar-refractivity contribution in [3.8, 4) is 0 Å². The summed E-state index contributed by atoms with van der Waals surface area (Å²) in [6.45, 7) is 6.79. The molecule has 1 heterocycles. The van der Waals surface area contributed by atoms with Gasteiger partial charge in [0.15, 0.2) is 0 Å².